The van der Waals surface area contributed by atoms with Gasteiger partial charge in [-0.05, 0) is 117 Å². The highest BCUT2D eigenvalue weighted by molar-refractivity contribution is 7.85. The van der Waals surface area contributed by atoms with Crippen LogP contribution < -0.4 is 20.1 Å². The van der Waals surface area contributed by atoms with E-state index in [9.17, 15) is 8.42 Å². The number of aryl methyl sites for hydroxylation is 3. The molecule has 0 spiro atoms. The molecule has 49 heavy (non-hydrogen) atoms. The summed E-state index contributed by atoms with van der Waals surface area (Å²) in [5, 5.41) is 1.04. The molecule has 0 aliphatic rings. The number of methoxy groups -OCH3 is 2. The van der Waals surface area contributed by atoms with Gasteiger partial charge in [-0.2, -0.15) is 8.42 Å². The van der Waals surface area contributed by atoms with E-state index in [0.717, 1.165) is 45.1 Å². The van der Waals surface area contributed by atoms with Gasteiger partial charge in [0.1, 0.15) is 33.4 Å². The normalized spacial score (nSPS) is 10.7. The molecule has 0 unspecified atom stereocenters. The number of benzene rings is 3. The summed E-state index contributed by atoms with van der Waals surface area (Å²) >= 11 is 12.1. The number of rotatable bonds is 8. The van der Waals surface area contributed by atoms with Crippen LogP contribution >= 0.6 is 23.2 Å². The highest BCUT2D eigenvalue weighted by Gasteiger charge is 2.14. The van der Waals surface area contributed by atoms with Gasteiger partial charge in [0.25, 0.3) is 10.1 Å². The summed E-state index contributed by atoms with van der Waals surface area (Å²) in [5.74, 6) is 3.03. The van der Waals surface area contributed by atoms with E-state index < -0.39 is 10.1 Å². The standard InChI is InChI=1S/C23H25ClN2O2.C7H9ClN2.C7H8O3S/c1-16-13-22(25-23(24)17(16)2)26(14-18-5-9-20(27-3)10-6-18)15-19-7-11-21(28-4)12-8-19;1-4-3-6(9)10-7(8)5(4)2;1-6-2-4-7(5-3-6)11(8,9)10/h5-13H,14-15H2,1-4H3;3H,1-2H3,(H2,9,10);2-5H,1H3,(H,8,9,10). The molecular formula is C37H42Cl2N4O5S. The highest BCUT2D eigenvalue weighted by atomic mass is 35.5. The Kier molecular flexibility index (Phi) is 14.3. The molecular weight excluding hydrogens is 683 g/mol. The zero-order chi connectivity index (χ0) is 36.3. The fraction of sp³-hybridized carbons (Fsp3) is 0.243. The lowest BCUT2D eigenvalue weighted by Crippen LogP contribution is -2.23. The van der Waals surface area contributed by atoms with Crippen LogP contribution in [0.5, 0.6) is 11.5 Å². The maximum absolute atomic E-state index is 10.5. The van der Waals surface area contributed by atoms with Crippen molar-refractivity contribution in [3.8, 4) is 11.5 Å². The van der Waals surface area contributed by atoms with Gasteiger partial charge in [-0.15, -0.1) is 0 Å². The quantitative estimate of drug-likeness (QED) is 0.119. The molecule has 12 heteroatoms. The number of pyridine rings is 2. The van der Waals surface area contributed by atoms with E-state index in [1.165, 1.54) is 23.3 Å². The Bertz CT molecular complexity index is 1840. The Hall–Kier alpha value is -4.35. The maximum Gasteiger partial charge on any atom is 0.294 e. The Morgan fingerprint density at radius 1 is 0.694 bits per heavy atom. The Labute approximate surface area is 299 Å². The number of aromatic nitrogens is 2. The molecule has 5 rings (SSSR count). The second-order valence-corrected chi connectivity index (χ2v) is 13.5. The number of halogens is 2. The molecule has 3 N–H and O–H groups in total. The maximum atomic E-state index is 10.5. The van der Waals surface area contributed by atoms with E-state index in [2.05, 4.69) is 52.1 Å². The molecule has 0 aliphatic heterocycles. The largest absolute Gasteiger partial charge is 0.497 e. The molecule has 0 atom stereocenters. The average molecular weight is 726 g/mol. The second kappa shape index (κ2) is 17.9. The first-order valence-electron chi connectivity index (χ1n) is 15.2. The number of hydrogen-bond acceptors (Lipinski definition) is 8. The Balaban J connectivity index is 0.000000252. The van der Waals surface area contributed by atoms with Gasteiger partial charge >= 0.3 is 0 Å². The topological polar surface area (TPSA) is 128 Å². The fourth-order valence-corrected chi connectivity index (χ4v) is 5.36. The number of hydrogen-bond donors (Lipinski definition) is 2. The van der Waals surface area contributed by atoms with Crippen LogP contribution in [0.25, 0.3) is 0 Å². The van der Waals surface area contributed by atoms with Crippen LogP contribution in [0.3, 0.4) is 0 Å². The van der Waals surface area contributed by atoms with E-state index in [1.807, 2.05) is 52.0 Å². The van der Waals surface area contributed by atoms with Crippen molar-refractivity contribution in [1.82, 2.24) is 9.97 Å². The summed E-state index contributed by atoms with van der Waals surface area (Å²) in [6, 6.07) is 26.1. The summed E-state index contributed by atoms with van der Waals surface area (Å²) in [6.07, 6.45) is 0. The predicted octanol–water partition coefficient (Wildman–Crippen LogP) is 8.75. The van der Waals surface area contributed by atoms with Crippen molar-refractivity contribution in [3.63, 3.8) is 0 Å². The van der Waals surface area contributed by atoms with Gasteiger partial charge < -0.3 is 20.1 Å². The molecule has 3 aromatic carbocycles. The van der Waals surface area contributed by atoms with Crippen LogP contribution in [0.1, 0.15) is 38.9 Å². The van der Waals surface area contributed by atoms with Crippen molar-refractivity contribution >= 4 is 45.0 Å². The minimum absolute atomic E-state index is 0.0666. The zero-order valence-electron chi connectivity index (χ0n) is 28.7. The first kappa shape index (κ1) is 39.1. The van der Waals surface area contributed by atoms with Gasteiger partial charge in [0.2, 0.25) is 0 Å². The molecule has 0 saturated heterocycles. The third-order valence-corrected chi connectivity index (χ3v) is 9.26. The Morgan fingerprint density at radius 3 is 1.51 bits per heavy atom. The van der Waals surface area contributed by atoms with Crippen LogP contribution in [-0.4, -0.2) is 37.2 Å². The van der Waals surface area contributed by atoms with Crippen LogP contribution in [0.2, 0.25) is 10.3 Å². The molecule has 260 valence electrons. The molecule has 0 bridgehead atoms. The van der Waals surface area contributed by atoms with Gasteiger partial charge in [0, 0.05) is 13.1 Å². The van der Waals surface area contributed by atoms with Crippen molar-refractivity contribution < 1.29 is 22.4 Å². The minimum atomic E-state index is -4.02. The van der Waals surface area contributed by atoms with Crippen LogP contribution in [0.15, 0.2) is 89.8 Å². The van der Waals surface area contributed by atoms with Gasteiger partial charge in [0.05, 0.1) is 19.1 Å². The van der Waals surface area contributed by atoms with Gasteiger partial charge in [-0.3, -0.25) is 4.55 Å². The third kappa shape index (κ3) is 11.9. The van der Waals surface area contributed by atoms with E-state index in [1.54, 1.807) is 32.4 Å². The monoisotopic (exact) mass is 724 g/mol. The predicted molar refractivity (Wildman–Crippen MR) is 199 cm³/mol. The van der Waals surface area contributed by atoms with E-state index in [4.69, 9.17) is 43.0 Å². The van der Waals surface area contributed by atoms with Crippen molar-refractivity contribution in [1.29, 1.82) is 0 Å². The number of ether oxygens (including phenoxy) is 2. The molecule has 0 fully saturated rings. The summed E-state index contributed by atoms with van der Waals surface area (Å²) in [4.78, 5) is 10.7. The SMILES string of the molecule is COc1ccc(CN(Cc2ccc(OC)cc2)c2cc(C)c(C)c(Cl)n2)cc1.Cc1cc(N)nc(Cl)c1C.Cc1ccc(S(=O)(=O)O)cc1. The van der Waals surface area contributed by atoms with Crippen molar-refractivity contribution in [3.05, 3.63) is 134 Å². The smallest absolute Gasteiger partial charge is 0.294 e. The Morgan fingerprint density at radius 2 is 1.12 bits per heavy atom. The number of nitrogens with two attached hydrogens (primary N) is 1. The highest BCUT2D eigenvalue weighted by Crippen LogP contribution is 2.26. The first-order chi connectivity index (χ1) is 23.1. The zero-order valence-corrected chi connectivity index (χ0v) is 31.0. The molecule has 5 aromatic rings. The van der Waals surface area contributed by atoms with Crippen molar-refractivity contribution in [2.45, 2.75) is 52.6 Å². The van der Waals surface area contributed by atoms with E-state index in [0.29, 0.717) is 29.2 Å². The van der Waals surface area contributed by atoms with Crippen LogP contribution in [0.4, 0.5) is 11.6 Å². The van der Waals surface area contributed by atoms with Gasteiger partial charge in [-0.1, -0.05) is 65.2 Å². The lowest BCUT2D eigenvalue weighted by Gasteiger charge is -2.25. The second-order valence-electron chi connectivity index (χ2n) is 11.3. The van der Waals surface area contributed by atoms with Crippen LogP contribution in [0, 0.1) is 34.6 Å². The number of anilines is 2. The summed E-state index contributed by atoms with van der Waals surface area (Å²) in [5.41, 5.74) is 13.0. The van der Waals surface area contributed by atoms with Crippen molar-refractivity contribution in [2.24, 2.45) is 0 Å². The number of nitrogens with zero attached hydrogens (tertiary/aromatic N) is 3. The fourth-order valence-electron chi connectivity index (χ4n) is 4.40. The third-order valence-electron chi connectivity index (χ3n) is 7.66. The van der Waals surface area contributed by atoms with Gasteiger partial charge in [-0.25, -0.2) is 9.97 Å². The lowest BCUT2D eigenvalue weighted by atomic mass is 10.1. The average Bonchev–Trinajstić information content (AvgIpc) is 3.06. The molecule has 2 aromatic heterocycles. The molecule has 0 radical (unpaired) electrons. The summed E-state index contributed by atoms with van der Waals surface area (Å²) in [6.45, 7) is 11.2. The van der Waals surface area contributed by atoms with Crippen molar-refractivity contribution in [2.75, 3.05) is 24.9 Å². The lowest BCUT2D eigenvalue weighted by molar-refractivity contribution is 0.414. The van der Waals surface area contributed by atoms with E-state index in [-0.39, 0.29) is 4.90 Å². The number of nitrogen functional groups attached to an aromatic ring is 1. The first-order valence-corrected chi connectivity index (χ1v) is 17.4. The summed E-state index contributed by atoms with van der Waals surface area (Å²) < 4.78 is 40.1. The van der Waals surface area contributed by atoms with Gasteiger partial charge in [0.15, 0.2) is 0 Å². The van der Waals surface area contributed by atoms with E-state index >= 15 is 0 Å². The molecule has 0 aliphatic carbocycles. The van der Waals surface area contributed by atoms with Crippen LogP contribution in [-0.2, 0) is 23.2 Å². The minimum Gasteiger partial charge on any atom is -0.497 e. The molecule has 0 saturated carbocycles. The summed E-state index contributed by atoms with van der Waals surface area (Å²) in [7, 11) is -0.674. The molecule has 0 amide bonds. The molecule has 2 heterocycles. The molecule has 9 nitrogen and oxygen atoms in total.